The van der Waals surface area contributed by atoms with Crippen LogP contribution in [0.15, 0.2) is 35.3 Å². The third kappa shape index (κ3) is 9.24. The first-order valence-corrected chi connectivity index (χ1v) is 12.0. The highest BCUT2D eigenvalue weighted by Crippen LogP contribution is 2.09. The predicted molar refractivity (Wildman–Crippen MR) is 142 cm³/mol. The zero-order valence-corrected chi connectivity index (χ0v) is 22.0. The van der Waals surface area contributed by atoms with Gasteiger partial charge in [0.25, 0.3) is 0 Å². The highest BCUT2D eigenvalue weighted by molar-refractivity contribution is 14.0. The number of guanidine groups is 1. The minimum absolute atomic E-state index is 0. The zero-order valence-electron chi connectivity index (χ0n) is 19.6. The van der Waals surface area contributed by atoms with Gasteiger partial charge in [0, 0.05) is 72.0 Å². The summed E-state index contributed by atoms with van der Waals surface area (Å²) in [6.07, 6.45) is 2.43. The Morgan fingerprint density at radius 3 is 2.13 bits per heavy atom. The molecule has 2 aliphatic rings. The molecule has 0 saturated carbocycles. The Balaban J connectivity index is 0.00000341. The average Bonchev–Trinajstić information content (AvgIpc) is 2.80. The molecule has 0 aromatic heterocycles. The molecule has 2 saturated heterocycles. The fourth-order valence-electron chi connectivity index (χ4n) is 4.35. The number of likely N-dealkylation sites (N-methyl/N-ethyl adjacent to an activating group) is 1. The molecule has 1 aromatic rings. The molecular formula is C24H43IN6. The van der Waals surface area contributed by atoms with E-state index in [1.54, 1.807) is 0 Å². The van der Waals surface area contributed by atoms with Crippen LogP contribution in [0.2, 0.25) is 0 Å². The second-order valence-electron chi connectivity index (χ2n) is 8.47. The van der Waals surface area contributed by atoms with E-state index >= 15 is 0 Å². The molecule has 3 rings (SSSR count). The van der Waals surface area contributed by atoms with E-state index in [0.717, 1.165) is 51.8 Å². The van der Waals surface area contributed by atoms with Crippen molar-refractivity contribution >= 4 is 29.9 Å². The fourth-order valence-corrected chi connectivity index (χ4v) is 4.35. The number of nitrogens with one attached hydrogen (secondary N) is 1. The topological polar surface area (TPSA) is 37.4 Å². The molecule has 0 unspecified atom stereocenters. The number of benzene rings is 1. The number of nitrogens with zero attached hydrogens (tertiary/aromatic N) is 5. The number of hydrogen-bond donors (Lipinski definition) is 1. The number of unbranched alkanes of at least 4 members (excludes halogenated alkanes) is 1. The molecule has 1 aromatic carbocycles. The Bertz CT molecular complexity index is 610. The summed E-state index contributed by atoms with van der Waals surface area (Å²) in [7, 11) is 0. The van der Waals surface area contributed by atoms with E-state index < -0.39 is 0 Å². The summed E-state index contributed by atoms with van der Waals surface area (Å²) in [4.78, 5) is 15.1. The van der Waals surface area contributed by atoms with Gasteiger partial charge in [-0.05, 0) is 38.4 Å². The maximum Gasteiger partial charge on any atom is 0.194 e. The summed E-state index contributed by atoms with van der Waals surface area (Å²) in [5.74, 6) is 1.11. The summed E-state index contributed by atoms with van der Waals surface area (Å²) in [6, 6.07) is 10.8. The van der Waals surface area contributed by atoms with E-state index in [-0.39, 0.29) is 24.0 Å². The van der Waals surface area contributed by atoms with Crippen molar-refractivity contribution in [2.75, 3.05) is 78.5 Å². The van der Waals surface area contributed by atoms with Crippen LogP contribution in [0.3, 0.4) is 0 Å². The lowest BCUT2D eigenvalue weighted by molar-refractivity contribution is 0.136. The third-order valence-corrected chi connectivity index (χ3v) is 6.31. The zero-order chi connectivity index (χ0) is 21.0. The highest BCUT2D eigenvalue weighted by atomic mass is 127. The van der Waals surface area contributed by atoms with Crippen molar-refractivity contribution in [1.29, 1.82) is 0 Å². The Morgan fingerprint density at radius 2 is 1.48 bits per heavy atom. The number of rotatable bonds is 9. The number of piperazine rings is 2. The Hall–Kier alpha value is -0.900. The van der Waals surface area contributed by atoms with Gasteiger partial charge in [-0.1, -0.05) is 37.3 Å². The largest absolute Gasteiger partial charge is 0.357 e. The van der Waals surface area contributed by atoms with Gasteiger partial charge in [0.05, 0.1) is 0 Å². The van der Waals surface area contributed by atoms with E-state index in [4.69, 9.17) is 4.99 Å². The van der Waals surface area contributed by atoms with Crippen LogP contribution in [-0.4, -0.2) is 104 Å². The first kappa shape index (κ1) is 26.4. The van der Waals surface area contributed by atoms with Crippen LogP contribution in [0.25, 0.3) is 0 Å². The first-order chi connectivity index (χ1) is 14.8. The average molecular weight is 543 g/mol. The summed E-state index contributed by atoms with van der Waals surface area (Å²) in [5.41, 5.74) is 1.41. The summed E-state index contributed by atoms with van der Waals surface area (Å²) < 4.78 is 0. The van der Waals surface area contributed by atoms with Gasteiger partial charge < -0.3 is 20.0 Å². The van der Waals surface area contributed by atoms with Gasteiger partial charge >= 0.3 is 0 Å². The molecule has 7 heteroatoms. The lowest BCUT2D eigenvalue weighted by Gasteiger charge is -2.36. The molecule has 31 heavy (non-hydrogen) atoms. The van der Waals surface area contributed by atoms with E-state index in [9.17, 15) is 0 Å². The third-order valence-electron chi connectivity index (χ3n) is 6.31. The van der Waals surface area contributed by atoms with Crippen LogP contribution < -0.4 is 5.32 Å². The first-order valence-electron chi connectivity index (χ1n) is 12.0. The summed E-state index contributed by atoms with van der Waals surface area (Å²) >= 11 is 0. The van der Waals surface area contributed by atoms with Crippen LogP contribution in [0.4, 0.5) is 0 Å². The fraction of sp³-hybridized carbons (Fsp3) is 0.708. The van der Waals surface area contributed by atoms with Crippen molar-refractivity contribution in [3.63, 3.8) is 0 Å². The molecule has 0 spiro atoms. The van der Waals surface area contributed by atoms with Gasteiger partial charge in [-0.25, -0.2) is 0 Å². The SMILES string of the molecule is CCNC(=NCCCCN1CCN(CC)CC1)N1CCN(Cc2ccccc2)CC1.I. The van der Waals surface area contributed by atoms with Crippen LogP contribution in [-0.2, 0) is 6.54 Å². The van der Waals surface area contributed by atoms with Crippen molar-refractivity contribution in [1.82, 2.24) is 24.9 Å². The van der Waals surface area contributed by atoms with Crippen LogP contribution in [0, 0.1) is 0 Å². The smallest absolute Gasteiger partial charge is 0.194 e. The van der Waals surface area contributed by atoms with Crippen molar-refractivity contribution in [3.8, 4) is 0 Å². The molecule has 0 aliphatic carbocycles. The molecule has 2 heterocycles. The maximum atomic E-state index is 4.94. The van der Waals surface area contributed by atoms with E-state index in [1.165, 1.54) is 57.7 Å². The minimum Gasteiger partial charge on any atom is -0.357 e. The Kier molecular flexibility index (Phi) is 12.8. The summed E-state index contributed by atoms with van der Waals surface area (Å²) in [6.45, 7) is 19.0. The number of hydrogen-bond acceptors (Lipinski definition) is 4. The van der Waals surface area contributed by atoms with Crippen molar-refractivity contribution in [2.24, 2.45) is 4.99 Å². The molecule has 1 N–H and O–H groups in total. The van der Waals surface area contributed by atoms with Gasteiger partial charge in [0.15, 0.2) is 5.96 Å². The molecule has 176 valence electrons. The second-order valence-corrected chi connectivity index (χ2v) is 8.47. The van der Waals surface area contributed by atoms with Gasteiger partial charge in [-0.3, -0.25) is 9.89 Å². The second kappa shape index (κ2) is 15.0. The molecule has 0 bridgehead atoms. The maximum absolute atomic E-state index is 4.94. The Morgan fingerprint density at radius 1 is 0.839 bits per heavy atom. The van der Waals surface area contributed by atoms with Crippen LogP contribution in [0.5, 0.6) is 0 Å². The predicted octanol–water partition coefficient (Wildman–Crippen LogP) is 2.81. The lowest BCUT2D eigenvalue weighted by atomic mass is 10.2. The molecular weight excluding hydrogens is 499 g/mol. The molecule has 0 amide bonds. The molecule has 2 aliphatic heterocycles. The molecule has 0 radical (unpaired) electrons. The number of halogens is 1. The van der Waals surface area contributed by atoms with Crippen molar-refractivity contribution < 1.29 is 0 Å². The molecule has 6 nitrogen and oxygen atoms in total. The quantitative estimate of drug-likeness (QED) is 0.225. The summed E-state index contributed by atoms with van der Waals surface area (Å²) in [5, 5.41) is 3.51. The minimum atomic E-state index is 0. The number of aliphatic imine (C=N–C) groups is 1. The van der Waals surface area contributed by atoms with E-state index in [2.05, 4.69) is 69.1 Å². The van der Waals surface area contributed by atoms with Gasteiger partial charge in [0.1, 0.15) is 0 Å². The molecule has 2 fully saturated rings. The van der Waals surface area contributed by atoms with Gasteiger partial charge in [-0.15, -0.1) is 24.0 Å². The Labute approximate surface area is 207 Å². The monoisotopic (exact) mass is 542 g/mol. The van der Waals surface area contributed by atoms with Gasteiger partial charge in [0.2, 0.25) is 0 Å². The van der Waals surface area contributed by atoms with Crippen LogP contribution >= 0.6 is 24.0 Å². The van der Waals surface area contributed by atoms with Crippen LogP contribution in [0.1, 0.15) is 32.3 Å². The van der Waals surface area contributed by atoms with Crippen molar-refractivity contribution in [2.45, 2.75) is 33.2 Å². The van der Waals surface area contributed by atoms with E-state index in [0.29, 0.717) is 0 Å². The molecule has 0 atom stereocenters. The lowest BCUT2D eigenvalue weighted by Crippen LogP contribution is -2.52. The normalized spacial score (nSPS) is 19.3. The highest BCUT2D eigenvalue weighted by Gasteiger charge is 2.19. The van der Waals surface area contributed by atoms with Crippen molar-refractivity contribution in [3.05, 3.63) is 35.9 Å². The van der Waals surface area contributed by atoms with E-state index in [1.807, 2.05) is 0 Å². The standard InChI is InChI=1S/C24H42N6.HI/c1-3-25-24(26-12-8-9-13-28-16-14-27(4-2)15-17-28)30-20-18-29(19-21-30)22-23-10-6-5-7-11-23;/h5-7,10-11H,3-4,8-9,12-22H2,1-2H3,(H,25,26);1H. The van der Waals surface area contributed by atoms with Gasteiger partial charge in [-0.2, -0.15) is 0 Å².